The van der Waals surface area contributed by atoms with Crippen LogP contribution in [0.15, 0.2) is 30.7 Å². The summed E-state index contributed by atoms with van der Waals surface area (Å²) in [7, 11) is 0. The lowest BCUT2D eigenvalue weighted by atomic mass is 10.4. The van der Waals surface area contributed by atoms with E-state index in [2.05, 4.69) is 20.3 Å². The summed E-state index contributed by atoms with van der Waals surface area (Å²) >= 11 is 5.72. The van der Waals surface area contributed by atoms with Crippen LogP contribution in [0.2, 0.25) is 5.02 Å². The molecule has 0 atom stereocenters. The maximum absolute atomic E-state index is 5.72. The molecule has 2 N–H and O–H groups in total. The molecular formula is C10H11ClN4. The average Bonchev–Trinajstić information content (AvgIpc) is 2.74. The van der Waals surface area contributed by atoms with Crippen molar-refractivity contribution >= 4 is 17.4 Å². The van der Waals surface area contributed by atoms with Crippen LogP contribution in [0.1, 0.15) is 5.82 Å². The Kier molecular flexibility index (Phi) is 3.19. The van der Waals surface area contributed by atoms with Crippen molar-refractivity contribution in [1.29, 1.82) is 0 Å². The molecule has 0 spiro atoms. The van der Waals surface area contributed by atoms with Crippen molar-refractivity contribution in [3.05, 3.63) is 41.6 Å². The molecule has 0 saturated carbocycles. The van der Waals surface area contributed by atoms with E-state index in [0.29, 0.717) is 5.02 Å². The first-order chi connectivity index (χ1) is 7.34. The summed E-state index contributed by atoms with van der Waals surface area (Å²) in [6.07, 6.45) is 6.03. The van der Waals surface area contributed by atoms with Gasteiger partial charge in [-0.05, 0) is 12.1 Å². The molecule has 0 aliphatic heterocycles. The number of rotatable bonds is 4. The van der Waals surface area contributed by atoms with Crippen LogP contribution in [0.4, 0.5) is 5.82 Å². The number of nitrogens with one attached hydrogen (secondary N) is 2. The predicted octanol–water partition coefficient (Wildman–Crippen LogP) is 2.11. The van der Waals surface area contributed by atoms with Gasteiger partial charge in [0.05, 0.1) is 5.02 Å². The topological polar surface area (TPSA) is 53.6 Å². The highest BCUT2D eigenvalue weighted by Gasteiger charge is 1.96. The van der Waals surface area contributed by atoms with Crippen molar-refractivity contribution in [1.82, 2.24) is 15.0 Å². The third-order valence-corrected chi connectivity index (χ3v) is 2.17. The third-order valence-electron chi connectivity index (χ3n) is 1.95. The second kappa shape index (κ2) is 4.79. The molecule has 2 aromatic rings. The quantitative estimate of drug-likeness (QED) is 0.833. The standard InChI is InChI=1S/C10H11ClN4/c11-8-1-2-9(15-7-8)12-4-3-10-13-5-6-14-10/h1-2,5-7H,3-4H2,(H,12,15)(H,13,14). The first-order valence-corrected chi connectivity index (χ1v) is 5.06. The molecule has 2 aromatic heterocycles. The normalized spacial score (nSPS) is 10.2. The van der Waals surface area contributed by atoms with Gasteiger partial charge in [0.25, 0.3) is 0 Å². The molecule has 0 aliphatic carbocycles. The van der Waals surface area contributed by atoms with Crippen LogP contribution in [-0.2, 0) is 6.42 Å². The number of hydrogen-bond acceptors (Lipinski definition) is 3. The smallest absolute Gasteiger partial charge is 0.125 e. The van der Waals surface area contributed by atoms with Gasteiger partial charge in [0.15, 0.2) is 0 Å². The van der Waals surface area contributed by atoms with E-state index in [1.165, 1.54) is 0 Å². The summed E-state index contributed by atoms with van der Waals surface area (Å²) in [5, 5.41) is 3.83. The number of hydrogen-bond donors (Lipinski definition) is 2. The van der Waals surface area contributed by atoms with Crippen molar-refractivity contribution in [2.45, 2.75) is 6.42 Å². The van der Waals surface area contributed by atoms with Gasteiger partial charge in [0.2, 0.25) is 0 Å². The van der Waals surface area contributed by atoms with E-state index in [1.807, 2.05) is 18.3 Å². The van der Waals surface area contributed by atoms with E-state index in [-0.39, 0.29) is 0 Å². The zero-order valence-corrected chi connectivity index (χ0v) is 8.83. The molecule has 0 amide bonds. The fourth-order valence-electron chi connectivity index (χ4n) is 1.22. The Balaban J connectivity index is 1.81. The van der Waals surface area contributed by atoms with Crippen molar-refractivity contribution in [3.63, 3.8) is 0 Å². The Morgan fingerprint density at radius 1 is 1.33 bits per heavy atom. The second-order valence-electron chi connectivity index (χ2n) is 3.07. The highest BCUT2D eigenvalue weighted by Crippen LogP contribution is 2.09. The molecule has 4 nitrogen and oxygen atoms in total. The van der Waals surface area contributed by atoms with Crippen molar-refractivity contribution in [2.75, 3.05) is 11.9 Å². The number of halogens is 1. The Bertz CT molecular complexity index is 396. The molecule has 0 unspecified atom stereocenters. The van der Waals surface area contributed by atoms with E-state index in [4.69, 9.17) is 11.6 Å². The van der Waals surface area contributed by atoms with Crippen LogP contribution in [0.25, 0.3) is 0 Å². The minimum Gasteiger partial charge on any atom is -0.370 e. The van der Waals surface area contributed by atoms with Crippen LogP contribution in [0, 0.1) is 0 Å². The number of aromatic nitrogens is 3. The minimum atomic E-state index is 0.645. The van der Waals surface area contributed by atoms with Gasteiger partial charge in [0.1, 0.15) is 11.6 Å². The van der Waals surface area contributed by atoms with Gasteiger partial charge in [-0.3, -0.25) is 0 Å². The minimum absolute atomic E-state index is 0.645. The van der Waals surface area contributed by atoms with E-state index in [1.54, 1.807) is 12.4 Å². The second-order valence-corrected chi connectivity index (χ2v) is 3.51. The molecule has 0 aliphatic rings. The maximum Gasteiger partial charge on any atom is 0.125 e. The summed E-state index contributed by atoms with van der Waals surface area (Å²) in [6.45, 7) is 0.794. The zero-order chi connectivity index (χ0) is 10.5. The van der Waals surface area contributed by atoms with E-state index >= 15 is 0 Å². The molecule has 2 rings (SSSR count). The molecule has 0 aromatic carbocycles. The highest BCUT2D eigenvalue weighted by molar-refractivity contribution is 6.30. The van der Waals surface area contributed by atoms with Crippen molar-refractivity contribution in [2.24, 2.45) is 0 Å². The van der Waals surface area contributed by atoms with Gasteiger partial charge in [-0.25, -0.2) is 9.97 Å². The first-order valence-electron chi connectivity index (χ1n) is 4.68. The van der Waals surface area contributed by atoms with Gasteiger partial charge >= 0.3 is 0 Å². The predicted molar refractivity (Wildman–Crippen MR) is 60.0 cm³/mol. The van der Waals surface area contributed by atoms with Gasteiger partial charge < -0.3 is 10.3 Å². The van der Waals surface area contributed by atoms with E-state index in [0.717, 1.165) is 24.6 Å². The summed E-state index contributed by atoms with van der Waals surface area (Å²) in [5.74, 6) is 1.79. The number of nitrogens with zero attached hydrogens (tertiary/aromatic N) is 2. The summed E-state index contributed by atoms with van der Waals surface area (Å²) in [4.78, 5) is 11.3. The van der Waals surface area contributed by atoms with Crippen LogP contribution >= 0.6 is 11.6 Å². The lowest BCUT2D eigenvalue weighted by Crippen LogP contribution is -2.06. The number of pyridine rings is 1. The Hall–Kier alpha value is -1.55. The van der Waals surface area contributed by atoms with E-state index < -0.39 is 0 Å². The zero-order valence-electron chi connectivity index (χ0n) is 8.07. The largest absolute Gasteiger partial charge is 0.370 e. The molecule has 0 saturated heterocycles. The van der Waals surface area contributed by atoms with Crippen LogP contribution in [0.3, 0.4) is 0 Å². The molecule has 0 fully saturated rings. The number of anilines is 1. The van der Waals surface area contributed by atoms with Crippen LogP contribution in [-0.4, -0.2) is 21.5 Å². The molecule has 78 valence electrons. The summed E-state index contributed by atoms with van der Waals surface area (Å²) in [5.41, 5.74) is 0. The third kappa shape index (κ3) is 2.95. The lowest BCUT2D eigenvalue weighted by molar-refractivity contribution is 0.922. The summed E-state index contributed by atoms with van der Waals surface area (Å²) in [6, 6.07) is 3.66. The van der Waals surface area contributed by atoms with Gasteiger partial charge in [-0.15, -0.1) is 0 Å². The molecule has 0 bridgehead atoms. The SMILES string of the molecule is Clc1ccc(NCCc2ncc[nH]2)nc1. The summed E-state index contributed by atoms with van der Waals surface area (Å²) < 4.78 is 0. The average molecular weight is 223 g/mol. The Morgan fingerprint density at radius 2 is 2.27 bits per heavy atom. The number of imidazole rings is 1. The molecular weight excluding hydrogens is 212 g/mol. The van der Waals surface area contributed by atoms with Crippen molar-refractivity contribution in [3.8, 4) is 0 Å². The first kappa shape index (κ1) is 9.98. The molecule has 5 heteroatoms. The number of aromatic amines is 1. The van der Waals surface area contributed by atoms with Gasteiger partial charge in [-0.1, -0.05) is 11.6 Å². The van der Waals surface area contributed by atoms with Crippen molar-refractivity contribution < 1.29 is 0 Å². The maximum atomic E-state index is 5.72. The van der Waals surface area contributed by atoms with Crippen LogP contribution in [0.5, 0.6) is 0 Å². The fraction of sp³-hybridized carbons (Fsp3) is 0.200. The molecule has 0 radical (unpaired) electrons. The molecule has 15 heavy (non-hydrogen) atoms. The highest BCUT2D eigenvalue weighted by atomic mass is 35.5. The number of H-pyrrole nitrogens is 1. The fourth-order valence-corrected chi connectivity index (χ4v) is 1.34. The van der Waals surface area contributed by atoms with Gasteiger partial charge in [-0.2, -0.15) is 0 Å². The monoisotopic (exact) mass is 222 g/mol. The Morgan fingerprint density at radius 3 is 2.93 bits per heavy atom. The lowest BCUT2D eigenvalue weighted by Gasteiger charge is -2.03. The van der Waals surface area contributed by atoms with Gasteiger partial charge in [0, 0.05) is 31.6 Å². The Labute approximate surface area is 92.7 Å². The van der Waals surface area contributed by atoms with Crippen LogP contribution < -0.4 is 5.32 Å². The molecule has 2 heterocycles. The van der Waals surface area contributed by atoms with E-state index in [9.17, 15) is 0 Å².